The number of carboxylic acids is 1. The molecule has 0 aromatic rings. The Labute approximate surface area is 114 Å². The SMILES string of the molecule is CC(C)C1OCCC1C(=O)NC(C)(C)CCC(=O)O. The second kappa shape index (κ2) is 6.37. The molecule has 0 bridgehead atoms. The minimum Gasteiger partial charge on any atom is -0.481 e. The molecule has 0 radical (unpaired) electrons. The van der Waals surface area contributed by atoms with Crippen LogP contribution < -0.4 is 5.32 Å². The Bertz CT molecular complexity index is 338. The van der Waals surface area contributed by atoms with E-state index < -0.39 is 11.5 Å². The monoisotopic (exact) mass is 271 g/mol. The highest BCUT2D eigenvalue weighted by molar-refractivity contribution is 5.80. The standard InChI is InChI=1S/C14H25NO4/c1-9(2)12-10(6-8-19-12)13(18)15-14(3,4)7-5-11(16)17/h9-10,12H,5-8H2,1-4H3,(H,15,18)(H,16,17). The summed E-state index contributed by atoms with van der Waals surface area (Å²) in [6, 6.07) is 0. The van der Waals surface area contributed by atoms with Crippen LogP contribution in [0.15, 0.2) is 0 Å². The molecule has 5 heteroatoms. The van der Waals surface area contributed by atoms with Gasteiger partial charge >= 0.3 is 5.97 Å². The van der Waals surface area contributed by atoms with Gasteiger partial charge in [0.2, 0.25) is 5.91 Å². The van der Waals surface area contributed by atoms with Crippen LogP contribution >= 0.6 is 0 Å². The third kappa shape index (κ3) is 4.82. The minimum absolute atomic E-state index is 0.0217. The Morgan fingerprint density at radius 3 is 2.58 bits per heavy atom. The molecule has 2 atom stereocenters. The molecule has 0 aliphatic carbocycles. The van der Waals surface area contributed by atoms with Crippen molar-refractivity contribution in [3.63, 3.8) is 0 Å². The number of nitrogens with one attached hydrogen (secondary N) is 1. The van der Waals surface area contributed by atoms with Gasteiger partial charge in [-0.2, -0.15) is 0 Å². The first-order valence-corrected chi connectivity index (χ1v) is 6.88. The molecule has 2 unspecified atom stereocenters. The van der Waals surface area contributed by atoms with Gasteiger partial charge in [-0.05, 0) is 32.6 Å². The molecule has 1 rings (SSSR count). The van der Waals surface area contributed by atoms with Crippen LogP contribution in [0.5, 0.6) is 0 Å². The molecule has 1 aliphatic rings. The van der Waals surface area contributed by atoms with Gasteiger partial charge in [-0.1, -0.05) is 13.8 Å². The highest BCUT2D eigenvalue weighted by Gasteiger charge is 2.37. The van der Waals surface area contributed by atoms with E-state index in [4.69, 9.17) is 9.84 Å². The predicted molar refractivity (Wildman–Crippen MR) is 71.8 cm³/mol. The predicted octanol–water partition coefficient (Wildman–Crippen LogP) is 1.81. The molecule has 110 valence electrons. The zero-order valence-electron chi connectivity index (χ0n) is 12.2. The Balaban J connectivity index is 2.55. The van der Waals surface area contributed by atoms with Gasteiger partial charge in [-0.25, -0.2) is 0 Å². The first kappa shape index (κ1) is 16.0. The van der Waals surface area contributed by atoms with Crippen molar-refractivity contribution in [2.24, 2.45) is 11.8 Å². The number of hydrogen-bond donors (Lipinski definition) is 2. The van der Waals surface area contributed by atoms with E-state index >= 15 is 0 Å². The van der Waals surface area contributed by atoms with Crippen LogP contribution in [0.25, 0.3) is 0 Å². The van der Waals surface area contributed by atoms with Crippen molar-refractivity contribution in [2.45, 2.75) is 58.6 Å². The summed E-state index contributed by atoms with van der Waals surface area (Å²) in [5, 5.41) is 11.7. The Hall–Kier alpha value is -1.10. The van der Waals surface area contributed by atoms with Crippen LogP contribution in [0.4, 0.5) is 0 Å². The number of ether oxygens (including phenoxy) is 1. The molecule has 1 fully saturated rings. The van der Waals surface area contributed by atoms with Crippen molar-refractivity contribution < 1.29 is 19.4 Å². The lowest BCUT2D eigenvalue weighted by molar-refractivity contribution is -0.138. The third-order valence-corrected chi connectivity index (χ3v) is 3.56. The van der Waals surface area contributed by atoms with Crippen molar-refractivity contribution in [3.8, 4) is 0 Å². The lowest BCUT2D eigenvalue weighted by Crippen LogP contribution is -2.48. The Kier molecular flexibility index (Phi) is 5.35. The zero-order valence-corrected chi connectivity index (χ0v) is 12.2. The van der Waals surface area contributed by atoms with Gasteiger partial charge in [0.1, 0.15) is 0 Å². The fourth-order valence-corrected chi connectivity index (χ4v) is 2.46. The number of rotatable bonds is 6. The number of hydrogen-bond acceptors (Lipinski definition) is 3. The van der Waals surface area contributed by atoms with Gasteiger partial charge in [0.15, 0.2) is 0 Å². The quantitative estimate of drug-likeness (QED) is 0.772. The first-order valence-electron chi connectivity index (χ1n) is 6.88. The molecule has 0 aromatic heterocycles. The third-order valence-electron chi connectivity index (χ3n) is 3.56. The number of carboxylic acid groups (broad SMARTS) is 1. The van der Waals surface area contributed by atoms with Crippen LogP contribution in [0.2, 0.25) is 0 Å². The average molecular weight is 271 g/mol. The van der Waals surface area contributed by atoms with E-state index in [1.54, 1.807) is 0 Å². The van der Waals surface area contributed by atoms with Crippen LogP contribution in [0, 0.1) is 11.8 Å². The van der Waals surface area contributed by atoms with E-state index in [0.717, 1.165) is 6.42 Å². The maximum absolute atomic E-state index is 12.3. The van der Waals surface area contributed by atoms with E-state index in [-0.39, 0.29) is 24.3 Å². The summed E-state index contributed by atoms with van der Waals surface area (Å²) < 4.78 is 5.61. The second-order valence-electron chi connectivity index (χ2n) is 6.24. The average Bonchev–Trinajstić information content (AvgIpc) is 2.75. The lowest BCUT2D eigenvalue weighted by Gasteiger charge is -2.29. The second-order valence-corrected chi connectivity index (χ2v) is 6.24. The van der Waals surface area contributed by atoms with Gasteiger partial charge in [0.25, 0.3) is 0 Å². The van der Waals surface area contributed by atoms with Crippen molar-refractivity contribution in [1.82, 2.24) is 5.32 Å². The Morgan fingerprint density at radius 1 is 1.42 bits per heavy atom. The minimum atomic E-state index is -0.841. The van der Waals surface area contributed by atoms with Crippen LogP contribution in [0.1, 0.15) is 47.0 Å². The van der Waals surface area contributed by atoms with E-state index in [0.29, 0.717) is 18.9 Å². The van der Waals surface area contributed by atoms with Gasteiger partial charge in [-0.15, -0.1) is 0 Å². The summed E-state index contributed by atoms with van der Waals surface area (Å²) in [6.07, 6.45) is 1.19. The van der Waals surface area contributed by atoms with Gasteiger partial charge in [0.05, 0.1) is 12.0 Å². The normalized spacial score (nSPS) is 23.6. The molecule has 1 aliphatic heterocycles. The summed E-state index contributed by atoms with van der Waals surface area (Å²) in [5.74, 6) is -0.678. The molecule has 19 heavy (non-hydrogen) atoms. The summed E-state index contributed by atoms with van der Waals surface area (Å²) in [6.45, 7) is 8.43. The van der Waals surface area contributed by atoms with Crippen LogP contribution in [0.3, 0.4) is 0 Å². The lowest BCUT2D eigenvalue weighted by atomic mass is 9.90. The smallest absolute Gasteiger partial charge is 0.303 e. The maximum atomic E-state index is 12.3. The summed E-state index contributed by atoms with van der Waals surface area (Å²) >= 11 is 0. The molecule has 5 nitrogen and oxygen atoms in total. The summed E-state index contributed by atoms with van der Waals surface area (Å²) in [7, 11) is 0. The van der Waals surface area contributed by atoms with Crippen molar-refractivity contribution in [2.75, 3.05) is 6.61 Å². The van der Waals surface area contributed by atoms with Crippen molar-refractivity contribution in [3.05, 3.63) is 0 Å². The van der Waals surface area contributed by atoms with Crippen molar-refractivity contribution in [1.29, 1.82) is 0 Å². The first-order chi connectivity index (χ1) is 8.73. The van der Waals surface area contributed by atoms with Crippen molar-refractivity contribution >= 4 is 11.9 Å². The number of aliphatic carboxylic acids is 1. The fraction of sp³-hybridized carbons (Fsp3) is 0.857. The topological polar surface area (TPSA) is 75.6 Å². The van der Waals surface area contributed by atoms with Gasteiger partial charge < -0.3 is 15.2 Å². The molecule has 1 saturated heterocycles. The van der Waals surface area contributed by atoms with E-state index in [2.05, 4.69) is 5.32 Å². The molecular weight excluding hydrogens is 246 g/mol. The van der Waals surface area contributed by atoms with E-state index in [1.807, 2.05) is 27.7 Å². The van der Waals surface area contributed by atoms with Crippen LogP contribution in [-0.4, -0.2) is 35.2 Å². The number of carbonyl (C=O) groups is 2. The van der Waals surface area contributed by atoms with E-state index in [9.17, 15) is 9.59 Å². The highest BCUT2D eigenvalue weighted by Crippen LogP contribution is 2.27. The molecular formula is C14H25NO4. The molecule has 0 spiro atoms. The molecule has 1 amide bonds. The maximum Gasteiger partial charge on any atom is 0.303 e. The molecule has 2 N–H and O–H groups in total. The van der Waals surface area contributed by atoms with E-state index in [1.165, 1.54) is 0 Å². The van der Waals surface area contributed by atoms with Gasteiger partial charge in [-0.3, -0.25) is 9.59 Å². The fourth-order valence-electron chi connectivity index (χ4n) is 2.46. The van der Waals surface area contributed by atoms with Crippen LogP contribution in [-0.2, 0) is 14.3 Å². The largest absolute Gasteiger partial charge is 0.481 e. The number of carbonyl (C=O) groups excluding carboxylic acids is 1. The summed E-state index contributed by atoms with van der Waals surface area (Å²) in [4.78, 5) is 22.9. The zero-order chi connectivity index (χ0) is 14.6. The molecule has 0 aromatic carbocycles. The molecule has 0 saturated carbocycles. The number of amides is 1. The summed E-state index contributed by atoms with van der Waals surface area (Å²) in [5.41, 5.74) is -0.500. The Morgan fingerprint density at radius 2 is 2.05 bits per heavy atom. The highest BCUT2D eigenvalue weighted by atomic mass is 16.5. The molecule has 1 heterocycles. The van der Waals surface area contributed by atoms with Gasteiger partial charge in [0, 0.05) is 18.6 Å².